The lowest BCUT2D eigenvalue weighted by Gasteiger charge is -2.41. The van der Waals surface area contributed by atoms with E-state index in [0.717, 1.165) is 57.5 Å². The maximum Gasteiger partial charge on any atom is 0.244 e. The number of rotatable bonds is 4. The van der Waals surface area contributed by atoms with Gasteiger partial charge in [-0.3, -0.25) is 14.7 Å². The first-order valence-electron chi connectivity index (χ1n) is 8.46. The summed E-state index contributed by atoms with van der Waals surface area (Å²) in [5, 5.41) is 3.45. The zero-order valence-corrected chi connectivity index (χ0v) is 13.4. The number of hydrogen-bond donors (Lipinski definition) is 1. The number of nitrogens with zero attached hydrogens (tertiary/aromatic N) is 3. The quantitative estimate of drug-likeness (QED) is 0.914. The molecule has 1 amide bonds. The Morgan fingerprint density at radius 1 is 1.41 bits per heavy atom. The molecule has 3 heterocycles. The molecule has 1 aromatic rings. The minimum absolute atomic E-state index is 0.182. The van der Waals surface area contributed by atoms with Crippen LogP contribution in [-0.4, -0.2) is 59.5 Å². The van der Waals surface area contributed by atoms with Gasteiger partial charge in [0.05, 0.1) is 0 Å². The van der Waals surface area contributed by atoms with Gasteiger partial charge in [-0.1, -0.05) is 13.0 Å². The number of carbonyl (C=O) groups excluding carboxylic acids is 1. The van der Waals surface area contributed by atoms with Crippen LogP contribution in [0.4, 0.5) is 0 Å². The van der Waals surface area contributed by atoms with Crippen LogP contribution in [0, 0.1) is 0 Å². The van der Waals surface area contributed by atoms with Crippen LogP contribution < -0.4 is 5.32 Å². The molecule has 120 valence electrons. The highest BCUT2D eigenvalue weighted by molar-refractivity contribution is 5.83. The van der Waals surface area contributed by atoms with E-state index in [1.54, 1.807) is 6.20 Å². The van der Waals surface area contributed by atoms with Crippen molar-refractivity contribution < 1.29 is 4.79 Å². The molecule has 2 aliphatic heterocycles. The van der Waals surface area contributed by atoms with Gasteiger partial charge in [0.1, 0.15) is 6.04 Å². The van der Waals surface area contributed by atoms with E-state index in [4.69, 9.17) is 0 Å². The van der Waals surface area contributed by atoms with Crippen molar-refractivity contribution in [3.05, 3.63) is 30.1 Å². The van der Waals surface area contributed by atoms with Crippen molar-refractivity contribution in [2.45, 2.75) is 38.3 Å². The largest absolute Gasteiger partial charge is 0.341 e. The number of aromatic nitrogens is 1. The second-order valence-electron chi connectivity index (χ2n) is 6.23. The normalized spacial score (nSPS) is 24.4. The lowest BCUT2D eigenvalue weighted by Crippen LogP contribution is -2.55. The Hall–Kier alpha value is -1.46. The molecule has 2 atom stereocenters. The number of amides is 1. The zero-order chi connectivity index (χ0) is 15.4. The van der Waals surface area contributed by atoms with E-state index in [1.807, 2.05) is 23.2 Å². The van der Waals surface area contributed by atoms with Crippen molar-refractivity contribution in [2.75, 3.05) is 32.7 Å². The molecule has 0 saturated carbocycles. The van der Waals surface area contributed by atoms with Crippen LogP contribution in [0.25, 0.3) is 0 Å². The molecule has 0 aliphatic carbocycles. The summed E-state index contributed by atoms with van der Waals surface area (Å²) in [5.74, 6) is 0.255. The number of piperazine rings is 1. The maximum atomic E-state index is 13.1. The summed E-state index contributed by atoms with van der Waals surface area (Å²) in [6, 6.07) is 4.20. The second kappa shape index (κ2) is 7.20. The van der Waals surface area contributed by atoms with E-state index in [0.29, 0.717) is 6.04 Å². The molecule has 0 aromatic carbocycles. The topological polar surface area (TPSA) is 48.5 Å². The van der Waals surface area contributed by atoms with Gasteiger partial charge in [0.2, 0.25) is 5.91 Å². The molecule has 1 N–H and O–H groups in total. The van der Waals surface area contributed by atoms with Gasteiger partial charge in [0.15, 0.2) is 0 Å². The van der Waals surface area contributed by atoms with Gasteiger partial charge in [0, 0.05) is 51.2 Å². The SMILES string of the molecule is CCC1CNCCN1C(C(=O)N1CCCC1)c1cccnc1. The van der Waals surface area contributed by atoms with Crippen molar-refractivity contribution in [1.29, 1.82) is 0 Å². The molecule has 5 heteroatoms. The molecular weight excluding hydrogens is 276 g/mol. The highest BCUT2D eigenvalue weighted by atomic mass is 16.2. The third-order valence-corrected chi connectivity index (χ3v) is 4.85. The Labute approximate surface area is 132 Å². The molecule has 22 heavy (non-hydrogen) atoms. The van der Waals surface area contributed by atoms with Gasteiger partial charge in [-0.05, 0) is 30.9 Å². The van der Waals surface area contributed by atoms with Crippen molar-refractivity contribution >= 4 is 5.91 Å². The summed E-state index contributed by atoms with van der Waals surface area (Å²) in [6.45, 7) is 6.82. The van der Waals surface area contributed by atoms with Crippen LogP contribution in [0.3, 0.4) is 0 Å². The van der Waals surface area contributed by atoms with Crippen LogP contribution in [0.5, 0.6) is 0 Å². The van der Waals surface area contributed by atoms with Gasteiger partial charge in [-0.2, -0.15) is 0 Å². The molecule has 0 spiro atoms. The summed E-state index contributed by atoms with van der Waals surface area (Å²) < 4.78 is 0. The first kappa shape index (κ1) is 15.4. The summed E-state index contributed by atoms with van der Waals surface area (Å²) in [6.07, 6.45) is 6.94. The average Bonchev–Trinajstić information content (AvgIpc) is 3.11. The minimum atomic E-state index is -0.182. The van der Waals surface area contributed by atoms with E-state index in [-0.39, 0.29) is 11.9 Å². The standard InChI is InChI=1S/C17H26N4O/c1-2-15-13-19-8-11-21(15)16(14-6-5-7-18-12-14)17(22)20-9-3-4-10-20/h5-7,12,15-16,19H,2-4,8-11,13H2,1H3. The first-order valence-corrected chi connectivity index (χ1v) is 8.46. The lowest BCUT2D eigenvalue weighted by atomic mass is 10.0. The Morgan fingerprint density at radius 2 is 2.23 bits per heavy atom. The van der Waals surface area contributed by atoms with Gasteiger partial charge in [-0.25, -0.2) is 0 Å². The molecule has 3 rings (SSSR count). The van der Waals surface area contributed by atoms with Gasteiger partial charge in [0.25, 0.3) is 0 Å². The maximum absolute atomic E-state index is 13.1. The number of nitrogens with one attached hydrogen (secondary N) is 1. The van der Waals surface area contributed by atoms with Crippen LogP contribution in [0.15, 0.2) is 24.5 Å². The van der Waals surface area contributed by atoms with Gasteiger partial charge >= 0.3 is 0 Å². The fourth-order valence-corrected chi connectivity index (χ4v) is 3.62. The number of likely N-dealkylation sites (tertiary alicyclic amines) is 1. The molecule has 2 aliphatic rings. The molecular formula is C17H26N4O. The summed E-state index contributed by atoms with van der Waals surface area (Å²) in [4.78, 5) is 21.8. The molecule has 0 radical (unpaired) electrons. The Kier molecular flexibility index (Phi) is 5.05. The van der Waals surface area contributed by atoms with E-state index in [2.05, 4.69) is 22.1 Å². The predicted molar refractivity (Wildman–Crippen MR) is 86.4 cm³/mol. The minimum Gasteiger partial charge on any atom is -0.341 e. The first-order chi connectivity index (χ1) is 10.8. The molecule has 5 nitrogen and oxygen atoms in total. The summed E-state index contributed by atoms with van der Waals surface area (Å²) in [7, 11) is 0. The van der Waals surface area contributed by atoms with E-state index >= 15 is 0 Å². The molecule has 2 saturated heterocycles. The van der Waals surface area contributed by atoms with Crippen molar-refractivity contribution in [1.82, 2.24) is 20.1 Å². The third-order valence-electron chi connectivity index (χ3n) is 4.85. The van der Waals surface area contributed by atoms with E-state index in [1.165, 1.54) is 0 Å². The van der Waals surface area contributed by atoms with E-state index in [9.17, 15) is 4.79 Å². The second-order valence-corrected chi connectivity index (χ2v) is 6.23. The van der Waals surface area contributed by atoms with Crippen LogP contribution in [-0.2, 0) is 4.79 Å². The molecule has 2 fully saturated rings. The molecule has 0 bridgehead atoms. The Morgan fingerprint density at radius 3 is 2.91 bits per heavy atom. The fourth-order valence-electron chi connectivity index (χ4n) is 3.62. The highest BCUT2D eigenvalue weighted by Crippen LogP contribution is 2.28. The highest BCUT2D eigenvalue weighted by Gasteiger charge is 2.36. The van der Waals surface area contributed by atoms with Crippen LogP contribution >= 0.6 is 0 Å². The molecule has 2 unspecified atom stereocenters. The lowest BCUT2D eigenvalue weighted by molar-refractivity contribution is -0.137. The van der Waals surface area contributed by atoms with Crippen molar-refractivity contribution in [3.63, 3.8) is 0 Å². The van der Waals surface area contributed by atoms with Crippen LogP contribution in [0.2, 0.25) is 0 Å². The van der Waals surface area contributed by atoms with Gasteiger partial charge in [-0.15, -0.1) is 0 Å². The molecule has 1 aromatic heterocycles. The van der Waals surface area contributed by atoms with Crippen LogP contribution in [0.1, 0.15) is 37.8 Å². The number of pyridine rings is 1. The van der Waals surface area contributed by atoms with Gasteiger partial charge < -0.3 is 10.2 Å². The average molecular weight is 302 g/mol. The fraction of sp³-hybridized carbons (Fsp3) is 0.647. The monoisotopic (exact) mass is 302 g/mol. The number of hydrogen-bond acceptors (Lipinski definition) is 4. The Bertz CT molecular complexity index is 487. The predicted octanol–water partition coefficient (Wildman–Crippen LogP) is 1.43. The van der Waals surface area contributed by atoms with Crippen molar-refractivity contribution in [3.8, 4) is 0 Å². The summed E-state index contributed by atoms with van der Waals surface area (Å²) in [5.41, 5.74) is 1.03. The van der Waals surface area contributed by atoms with E-state index < -0.39 is 0 Å². The van der Waals surface area contributed by atoms with Crippen molar-refractivity contribution in [2.24, 2.45) is 0 Å². The number of carbonyl (C=O) groups is 1. The zero-order valence-electron chi connectivity index (χ0n) is 13.4. The Balaban J connectivity index is 1.89. The third kappa shape index (κ3) is 3.15. The smallest absolute Gasteiger partial charge is 0.244 e. The summed E-state index contributed by atoms with van der Waals surface area (Å²) >= 11 is 0.